The van der Waals surface area contributed by atoms with Crippen LogP contribution >= 0.6 is 22.6 Å². The molecule has 0 saturated carbocycles. The van der Waals surface area contributed by atoms with E-state index in [1.165, 1.54) is 3.57 Å². The number of rotatable bonds is 4. The summed E-state index contributed by atoms with van der Waals surface area (Å²) >= 11 is 2.27. The van der Waals surface area contributed by atoms with E-state index in [4.69, 9.17) is 5.73 Å². The fourth-order valence-corrected chi connectivity index (χ4v) is 3.23. The van der Waals surface area contributed by atoms with E-state index >= 15 is 0 Å². The largest absolute Gasteiger partial charge is 0.330 e. The smallest absolute Gasteiger partial charge is 0.238 e. The molecule has 1 aliphatic rings. The molecule has 0 aromatic heterocycles. The minimum absolute atomic E-state index is 0.0515. The van der Waals surface area contributed by atoms with E-state index in [0.29, 0.717) is 13.1 Å². The van der Waals surface area contributed by atoms with E-state index in [1.807, 2.05) is 19.1 Å². The van der Waals surface area contributed by atoms with Crippen LogP contribution in [-0.4, -0.2) is 37.0 Å². The zero-order valence-corrected chi connectivity index (χ0v) is 14.2. The number of amides is 1. The average Bonchev–Trinajstić information content (AvgIpc) is 2.75. The lowest BCUT2D eigenvalue weighted by atomic mass is 9.90. The summed E-state index contributed by atoms with van der Waals surface area (Å²) in [7, 11) is 0. The van der Waals surface area contributed by atoms with Crippen LogP contribution in [0.4, 0.5) is 5.69 Å². The normalized spacial score (nSPS) is 23.0. The van der Waals surface area contributed by atoms with Gasteiger partial charge in [0.2, 0.25) is 5.91 Å². The van der Waals surface area contributed by atoms with E-state index in [9.17, 15) is 4.79 Å². The highest BCUT2D eigenvalue weighted by Gasteiger charge is 2.33. The van der Waals surface area contributed by atoms with Crippen LogP contribution in [0.15, 0.2) is 18.2 Å². The van der Waals surface area contributed by atoms with Gasteiger partial charge in [-0.3, -0.25) is 9.69 Å². The molecule has 2 rings (SSSR count). The molecule has 1 saturated heterocycles. The van der Waals surface area contributed by atoms with Crippen molar-refractivity contribution in [2.75, 3.05) is 31.5 Å². The van der Waals surface area contributed by atoms with Crippen molar-refractivity contribution in [2.45, 2.75) is 20.3 Å². The van der Waals surface area contributed by atoms with Crippen molar-refractivity contribution in [1.29, 1.82) is 0 Å². The first-order valence-corrected chi connectivity index (χ1v) is 7.98. The van der Waals surface area contributed by atoms with Gasteiger partial charge in [0.15, 0.2) is 0 Å². The minimum atomic E-state index is 0.0515. The Kier molecular flexibility index (Phi) is 5.04. The van der Waals surface area contributed by atoms with Gasteiger partial charge in [0.1, 0.15) is 0 Å². The maximum atomic E-state index is 12.1. The van der Waals surface area contributed by atoms with Crippen LogP contribution in [0, 0.1) is 15.9 Å². The number of nitrogens with zero attached hydrogens (tertiary/aromatic N) is 1. The Hall–Kier alpha value is -0.660. The van der Waals surface area contributed by atoms with Gasteiger partial charge in [-0.1, -0.05) is 6.92 Å². The summed E-state index contributed by atoms with van der Waals surface area (Å²) in [5.74, 6) is 0.0515. The standard InChI is InChI=1S/C15H22IN3O/c1-11-7-12(16)3-4-13(11)18-14(20)8-19-6-5-15(2,9-17)10-19/h3-4,7H,5-6,8-10,17H2,1-2H3,(H,18,20). The number of anilines is 1. The Morgan fingerprint density at radius 3 is 2.90 bits per heavy atom. The average molecular weight is 387 g/mol. The summed E-state index contributed by atoms with van der Waals surface area (Å²) in [4.78, 5) is 14.3. The van der Waals surface area contributed by atoms with Crippen molar-refractivity contribution in [3.05, 3.63) is 27.3 Å². The van der Waals surface area contributed by atoms with Gasteiger partial charge in [0.05, 0.1) is 6.54 Å². The number of halogens is 1. The lowest BCUT2D eigenvalue weighted by Gasteiger charge is -2.22. The maximum Gasteiger partial charge on any atom is 0.238 e. The highest BCUT2D eigenvalue weighted by Crippen LogP contribution is 2.28. The number of likely N-dealkylation sites (tertiary alicyclic amines) is 1. The molecule has 1 unspecified atom stereocenters. The SMILES string of the molecule is Cc1cc(I)ccc1NC(=O)CN1CCC(C)(CN)C1. The summed E-state index contributed by atoms with van der Waals surface area (Å²) in [5, 5.41) is 2.99. The van der Waals surface area contributed by atoms with Gasteiger partial charge in [0, 0.05) is 15.8 Å². The molecule has 1 aromatic rings. The second-order valence-corrected chi connectivity index (χ2v) is 7.23. The van der Waals surface area contributed by atoms with Crippen LogP contribution in [0.2, 0.25) is 0 Å². The number of nitrogens with two attached hydrogens (primary N) is 1. The van der Waals surface area contributed by atoms with Crippen molar-refractivity contribution in [3.8, 4) is 0 Å². The molecular formula is C15H22IN3O. The van der Waals surface area contributed by atoms with Crippen LogP contribution in [0.5, 0.6) is 0 Å². The third-order valence-electron chi connectivity index (χ3n) is 3.96. The fourth-order valence-electron chi connectivity index (χ4n) is 2.59. The second-order valence-electron chi connectivity index (χ2n) is 5.98. The van der Waals surface area contributed by atoms with Crippen molar-refractivity contribution in [3.63, 3.8) is 0 Å². The minimum Gasteiger partial charge on any atom is -0.330 e. The molecule has 0 aliphatic carbocycles. The monoisotopic (exact) mass is 387 g/mol. The molecular weight excluding hydrogens is 365 g/mol. The zero-order chi connectivity index (χ0) is 14.8. The van der Waals surface area contributed by atoms with Crippen LogP contribution in [0.25, 0.3) is 0 Å². The first kappa shape index (κ1) is 15.7. The van der Waals surface area contributed by atoms with E-state index in [2.05, 4.69) is 45.8 Å². The molecule has 3 N–H and O–H groups in total. The Labute approximate surface area is 134 Å². The fraction of sp³-hybridized carbons (Fsp3) is 0.533. The van der Waals surface area contributed by atoms with Gasteiger partial charge in [-0.05, 0) is 78.2 Å². The molecule has 5 heteroatoms. The summed E-state index contributed by atoms with van der Waals surface area (Å²) in [5.41, 5.74) is 7.95. The summed E-state index contributed by atoms with van der Waals surface area (Å²) in [6.07, 6.45) is 1.07. The predicted octanol–water partition coefficient (Wildman–Crippen LogP) is 2.21. The molecule has 110 valence electrons. The number of carbonyl (C=O) groups excluding carboxylic acids is 1. The highest BCUT2D eigenvalue weighted by atomic mass is 127. The van der Waals surface area contributed by atoms with Gasteiger partial charge >= 0.3 is 0 Å². The molecule has 20 heavy (non-hydrogen) atoms. The first-order chi connectivity index (χ1) is 9.42. The molecule has 1 heterocycles. The van der Waals surface area contributed by atoms with Gasteiger partial charge in [-0.2, -0.15) is 0 Å². The van der Waals surface area contributed by atoms with E-state index in [0.717, 1.165) is 30.8 Å². The number of aryl methyl sites for hydroxylation is 1. The lowest BCUT2D eigenvalue weighted by molar-refractivity contribution is -0.117. The third kappa shape index (κ3) is 3.93. The third-order valence-corrected chi connectivity index (χ3v) is 4.63. The molecule has 1 fully saturated rings. The maximum absolute atomic E-state index is 12.1. The van der Waals surface area contributed by atoms with E-state index < -0.39 is 0 Å². The van der Waals surface area contributed by atoms with Crippen LogP contribution in [0.1, 0.15) is 18.9 Å². The number of hydrogen-bond donors (Lipinski definition) is 2. The van der Waals surface area contributed by atoms with Crippen molar-refractivity contribution < 1.29 is 4.79 Å². The Bertz CT molecular complexity index is 506. The van der Waals surface area contributed by atoms with E-state index in [1.54, 1.807) is 0 Å². The molecule has 0 spiro atoms. The molecule has 1 amide bonds. The summed E-state index contributed by atoms with van der Waals surface area (Å²) in [6, 6.07) is 6.03. The molecule has 0 bridgehead atoms. The highest BCUT2D eigenvalue weighted by molar-refractivity contribution is 14.1. The molecule has 1 atom stereocenters. The number of carbonyl (C=O) groups is 1. The van der Waals surface area contributed by atoms with Gasteiger partial charge < -0.3 is 11.1 Å². The van der Waals surface area contributed by atoms with E-state index in [-0.39, 0.29) is 11.3 Å². The van der Waals surface area contributed by atoms with Crippen molar-refractivity contribution in [2.24, 2.45) is 11.1 Å². The predicted molar refractivity (Wildman–Crippen MR) is 90.7 cm³/mol. The number of nitrogens with one attached hydrogen (secondary N) is 1. The molecule has 4 nitrogen and oxygen atoms in total. The lowest BCUT2D eigenvalue weighted by Crippen LogP contribution is -2.35. The first-order valence-electron chi connectivity index (χ1n) is 6.90. The van der Waals surface area contributed by atoms with Gasteiger partial charge in [-0.15, -0.1) is 0 Å². The van der Waals surface area contributed by atoms with Crippen LogP contribution in [-0.2, 0) is 4.79 Å². The quantitative estimate of drug-likeness (QED) is 0.779. The molecule has 1 aromatic carbocycles. The Morgan fingerprint density at radius 1 is 1.55 bits per heavy atom. The number of benzene rings is 1. The number of hydrogen-bond acceptors (Lipinski definition) is 3. The molecule has 1 aliphatic heterocycles. The van der Waals surface area contributed by atoms with Crippen molar-refractivity contribution in [1.82, 2.24) is 4.90 Å². The Morgan fingerprint density at radius 2 is 2.30 bits per heavy atom. The van der Waals surface area contributed by atoms with Gasteiger partial charge in [0.25, 0.3) is 0 Å². The van der Waals surface area contributed by atoms with Crippen molar-refractivity contribution >= 4 is 34.2 Å². The Balaban J connectivity index is 1.90. The topological polar surface area (TPSA) is 58.4 Å². The molecule has 0 radical (unpaired) electrons. The van der Waals surface area contributed by atoms with Crippen LogP contribution < -0.4 is 11.1 Å². The zero-order valence-electron chi connectivity index (χ0n) is 12.1. The van der Waals surface area contributed by atoms with Gasteiger partial charge in [-0.25, -0.2) is 0 Å². The van der Waals surface area contributed by atoms with Crippen LogP contribution in [0.3, 0.4) is 0 Å². The summed E-state index contributed by atoms with van der Waals surface area (Å²) < 4.78 is 1.18. The second kappa shape index (κ2) is 6.41. The summed E-state index contributed by atoms with van der Waals surface area (Å²) in [6.45, 7) is 7.19.